The molecule has 0 rings (SSSR count). The van der Waals surface area contributed by atoms with Crippen LogP contribution in [-0.4, -0.2) is 23.1 Å². The van der Waals surface area contributed by atoms with E-state index in [9.17, 15) is 0 Å². The van der Waals surface area contributed by atoms with Crippen LogP contribution in [-0.2, 0) is 0 Å². The van der Waals surface area contributed by atoms with Gasteiger partial charge in [0, 0.05) is 0 Å². The number of hydrogen-bond acceptors (Lipinski definition) is 0. The molecular formula is C4H7BrMg. The van der Waals surface area contributed by atoms with E-state index >= 15 is 0 Å². The average Bonchev–Trinajstić information content (AvgIpc) is 0.811. The molecule has 0 atom stereocenters. The van der Waals surface area contributed by atoms with E-state index in [1.165, 1.54) is 0 Å². The van der Waals surface area contributed by atoms with Gasteiger partial charge >= 0.3 is 23.1 Å². The van der Waals surface area contributed by atoms with E-state index in [4.69, 9.17) is 0 Å². The van der Waals surface area contributed by atoms with Crippen LogP contribution in [0.4, 0.5) is 0 Å². The molecule has 0 heterocycles. The van der Waals surface area contributed by atoms with Crippen molar-refractivity contribution < 1.29 is 17.0 Å². The van der Waals surface area contributed by atoms with Gasteiger partial charge in [0.1, 0.15) is 0 Å². The van der Waals surface area contributed by atoms with Gasteiger partial charge in [-0.2, -0.15) is 0 Å². The molecule has 0 N–H and O–H groups in total. The molecular weight excluding hydrogens is 152 g/mol. The zero-order valence-corrected chi connectivity index (χ0v) is 7.00. The van der Waals surface area contributed by atoms with Crippen molar-refractivity contribution >= 4 is 23.1 Å². The van der Waals surface area contributed by atoms with Crippen LogP contribution < -0.4 is 17.0 Å². The Morgan fingerprint density at radius 1 is 1.67 bits per heavy atom. The van der Waals surface area contributed by atoms with Crippen LogP contribution in [0, 0.1) is 6.92 Å². The molecule has 32 valence electrons. The minimum absolute atomic E-state index is 0. The van der Waals surface area contributed by atoms with Gasteiger partial charge in [0.25, 0.3) is 0 Å². The Morgan fingerprint density at radius 3 is 1.67 bits per heavy atom. The van der Waals surface area contributed by atoms with Crippen molar-refractivity contribution in [3.05, 3.63) is 19.1 Å². The second-order valence-electron chi connectivity index (χ2n) is 0.957. The number of halogens is 1. The average molecular weight is 159 g/mol. The van der Waals surface area contributed by atoms with Crippen molar-refractivity contribution in [3.63, 3.8) is 0 Å². The standard InChI is InChI=1S/C4H7.BrH.Mg/c1-4(2)3;;/h1-2H2,3H3;1H;/q-1;;+2/p-1. The monoisotopic (exact) mass is 158 g/mol. The Kier molecular flexibility index (Phi) is 24.5. The van der Waals surface area contributed by atoms with E-state index in [1.54, 1.807) is 0 Å². The third-order valence-corrected chi connectivity index (χ3v) is 0. The van der Waals surface area contributed by atoms with Crippen LogP contribution in [0.25, 0.3) is 0 Å². The molecule has 0 saturated heterocycles. The molecule has 0 aromatic carbocycles. The molecule has 0 nitrogen and oxygen atoms in total. The second kappa shape index (κ2) is 9.29. The third-order valence-electron chi connectivity index (χ3n) is 0. The van der Waals surface area contributed by atoms with E-state index in [2.05, 4.69) is 13.5 Å². The van der Waals surface area contributed by atoms with Crippen molar-refractivity contribution in [2.75, 3.05) is 0 Å². The first kappa shape index (κ1) is 15.8. The SMILES string of the molecule is C=C([CH2-])C.[Br-].[Mg+2]. The molecule has 2 heteroatoms. The van der Waals surface area contributed by atoms with Crippen molar-refractivity contribution in [1.82, 2.24) is 0 Å². The van der Waals surface area contributed by atoms with Crippen molar-refractivity contribution in [2.24, 2.45) is 0 Å². The molecule has 0 aliphatic heterocycles. The van der Waals surface area contributed by atoms with Gasteiger partial charge in [-0.15, -0.1) is 0 Å². The Bertz CT molecular complexity index is 30.5. The van der Waals surface area contributed by atoms with Crippen molar-refractivity contribution in [2.45, 2.75) is 6.92 Å². The second-order valence-corrected chi connectivity index (χ2v) is 0.957. The van der Waals surface area contributed by atoms with E-state index in [0.717, 1.165) is 5.57 Å². The fourth-order valence-electron chi connectivity index (χ4n) is 0. The molecule has 0 aliphatic carbocycles. The van der Waals surface area contributed by atoms with Gasteiger partial charge in [-0.3, -0.25) is 0 Å². The first-order chi connectivity index (χ1) is 1.73. The minimum atomic E-state index is 0. The molecule has 0 radical (unpaired) electrons. The first-order valence-electron chi connectivity index (χ1n) is 1.21. The van der Waals surface area contributed by atoms with Crippen LogP contribution in [0.15, 0.2) is 12.2 Å². The number of hydrogen-bond donors (Lipinski definition) is 0. The molecule has 0 spiro atoms. The summed E-state index contributed by atoms with van der Waals surface area (Å²) in [7, 11) is 0. The Morgan fingerprint density at radius 2 is 1.67 bits per heavy atom. The third kappa shape index (κ3) is 98.5. The first-order valence-corrected chi connectivity index (χ1v) is 1.21. The topological polar surface area (TPSA) is 0 Å². The van der Waals surface area contributed by atoms with Gasteiger partial charge in [-0.25, -0.2) is 19.1 Å². The van der Waals surface area contributed by atoms with Gasteiger partial charge in [0.15, 0.2) is 0 Å². The normalized spacial score (nSPS) is 4.17. The fraction of sp³-hybridized carbons (Fsp3) is 0.250. The predicted octanol–water partition coefficient (Wildman–Crippen LogP) is -1.98. The van der Waals surface area contributed by atoms with Crippen molar-refractivity contribution in [1.29, 1.82) is 0 Å². The summed E-state index contributed by atoms with van der Waals surface area (Å²) in [6, 6.07) is 0. The zero-order valence-electron chi connectivity index (χ0n) is 4.00. The van der Waals surface area contributed by atoms with E-state index in [1.807, 2.05) is 6.92 Å². The van der Waals surface area contributed by atoms with Crippen LogP contribution in [0.2, 0.25) is 0 Å². The van der Waals surface area contributed by atoms with E-state index in [0.29, 0.717) is 0 Å². The molecule has 0 saturated carbocycles. The number of rotatable bonds is 0. The summed E-state index contributed by atoms with van der Waals surface area (Å²) in [6.07, 6.45) is 0. The maximum atomic E-state index is 3.44. The summed E-state index contributed by atoms with van der Waals surface area (Å²) < 4.78 is 0. The largest absolute Gasteiger partial charge is 2.00 e. The van der Waals surface area contributed by atoms with Gasteiger partial charge in [-0.1, -0.05) is 6.92 Å². The Labute approximate surface area is 65.9 Å². The maximum Gasteiger partial charge on any atom is 2.00 e. The van der Waals surface area contributed by atoms with Gasteiger partial charge < -0.3 is 17.0 Å². The number of allylic oxidation sites excluding steroid dienone is 1. The van der Waals surface area contributed by atoms with Crippen LogP contribution in [0.5, 0.6) is 0 Å². The van der Waals surface area contributed by atoms with E-state index < -0.39 is 0 Å². The van der Waals surface area contributed by atoms with Crippen molar-refractivity contribution in [3.8, 4) is 0 Å². The summed E-state index contributed by atoms with van der Waals surface area (Å²) in [5, 5.41) is 0. The molecule has 0 aliphatic rings. The zero-order chi connectivity index (χ0) is 3.58. The minimum Gasteiger partial charge on any atom is -1.00 e. The summed E-state index contributed by atoms with van der Waals surface area (Å²) in [5.41, 5.74) is 0.917. The fourth-order valence-corrected chi connectivity index (χ4v) is 0. The molecule has 0 bridgehead atoms. The van der Waals surface area contributed by atoms with Crippen LogP contribution in [0.1, 0.15) is 6.92 Å². The van der Waals surface area contributed by atoms with Gasteiger partial charge in [0.2, 0.25) is 0 Å². The molecule has 0 unspecified atom stereocenters. The van der Waals surface area contributed by atoms with Gasteiger partial charge in [0.05, 0.1) is 0 Å². The van der Waals surface area contributed by atoms with Crippen LogP contribution in [0.3, 0.4) is 0 Å². The van der Waals surface area contributed by atoms with Crippen LogP contribution >= 0.6 is 0 Å². The molecule has 6 heavy (non-hydrogen) atoms. The Hall–Kier alpha value is 0.856. The van der Waals surface area contributed by atoms with Gasteiger partial charge in [-0.05, 0) is 0 Å². The molecule has 0 amide bonds. The summed E-state index contributed by atoms with van der Waals surface area (Å²) in [5.74, 6) is 0. The summed E-state index contributed by atoms with van der Waals surface area (Å²) >= 11 is 0. The quantitative estimate of drug-likeness (QED) is 0.284. The maximum absolute atomic E-state index is 3.44. The predicted molar refractivity (Wildman–Crippen MR) is 25.9 cm³/mol. The Balaban J connectivity index is -0.0000000450. The molecule has 0 aromatic heterocycles. The molecule has 0 aromatic rings. The molecule has 0 fully saturated rings. The smallest absolute Gasteiger partial charge is 1.00 e. The van der Waals surface area contributed by atoms with E-state index in [-0.39, 0.29) is 40.0 Å². The summed E-state index contributed by atoms with van der Waals surface area (Å²) in [6.45, 7) is 8.75. The summed E-state index contributed by atoms with van der Waals surface area (Å²) in [4.78, 5) is 0.